The number of hydrogen-bond acceptors (Lipinski definition) is 1. The highest BCUT2D eigenvalue weighted by atomic mass is 35.5. The molecule has 11 heavy (non-hydrogen) atoms. The second-order valence-electron chi connectivity index (χ2n) is 2.93. The molecule has 3 heteroatoms. The van der Waals surface area contributed by atoms with Gasteiger partial charge in [0, 0.05) is 19.2 Å². The van der Waals surface area contributed by atoms with Crippen LogP contribution in [0.1, 0.15) is 24.4 Å². The molecule has 0 saturated carbocycles. The van der Waals surface area contributed by atoms with E-state index >= 15 is 0 Å². The van der Waals surface area contributed by atoms with Gasteiger partial charge in [0.1, 0.15) is 5.82 Å². The molecule has 60 valence electrons. The summed E-state index contributed by atoms with van der Waals surface area (Å²) in [4.78, 5) is 4.40. The molecule has 2 rings (SSSR count). The van der Waals surface area contributed by atoms with Crippen molar-refractivity contribution in [2.24, 2.45) is 0 Å². The number of fused-ring (bicyclic) bond motifs is 1. The number of nitrogens with zero attached hydrogens (tertiary/aromatic N) is 2. The highest BCUT2D eigenvalue weighted by Crippen LogP contribution is 2.15. The maximum Gasteiger partial charge on any atom is 0.109 e. The zero-order chi connectivity index (χ0) is 7.68. The molecular formula is C8H11ClN2. The van der Waals surface area contributed by atoms with E-state index < -0.39 is 0 Å². The van der Waals surface area contributed by atoms with Crippen LogP contribution in [0, 0.1) is 0 Å². The van der Waals surface area contributed by atoms with Crippen LogP contribution < -0.4 is 0 Å². The van der Waals surface area contributed by atoms with Gasteiger partial charge in [-0.2, -0.15) is 0 Å². The summed E-state index contributed by atoms with van der Waals surface area (Å²) in [6.07, 6.45) is 5.75. The van der Waals surface area contributed by atoms with Crippen LogP contribution in [0.3, 0.4) is 0 Å². The van der Waals surface area contributed by atoms with E-state index in [2.05, 4.69) is 15.7 Å². The molecule has 0 atom stereocenters. The standard InChI is InChI=1S/C8H11ClN2/c9-5-7-6-11-4-2-1-3-8(11)10-7/h6H,1-5H2. The van der Waals surface area contributed by atoms with Gasteiger partial charge in [0.15, 0.2) is 0 Å². The molecule has 0 aromatic carbocycles. The maximum absolute atomic E-state index is 5.67. The topological polar surface area (TPSA) is 17.8 Å². The molecule has 1 aliphatic rings. The van der Waals surface area contributed by atoms with Gasteiger partial charge in [-0.15, -0.1) is 11.6 Å². The van der Waals surface area contributed by atoms with E-state index in [0.717, 1.165) is 18.7 Å². The van der Waals surface area contributed by atoms with Crippen LogP contribution in [0.15, 0.2) is 6.20 Å². The lowest BCUT2D eigenvalue weighted by Gasteiger charge is -2.11. The smallest absolute Gasteiger partial charge is 0.109 e. The van der Waals surface area contributed by atoms with E-state index in [1.54, 1.807) is 0 Å². The van der Waals surface area contributed by atoms with Crippen molar-refractivity contribution in [3.8, 4) is 0 Å². The quantitative estimate of drug-likeness (QED) is 0.590. The van der Waals surface area contributed by atoms with Crippen molar-refractivity contribution in [1.82, 2.24) is 9.55 Å². The van der Waals surface area contributed by atoms with E-state index in [4.69, 9.17) is 11.6 Å². The van der Waals surface area contributed by atoms with Gasteiger partial charge in [-0.05, 0) is 12.8 Å². The van der Waals surface area contributed by atoms with Crippen LogP contribution in [0.2, 0.25) is 0 Å². The Bertz CT molecular complexity index is 231. The monoisotopic (exact) mass is 170 g/mol. The third-order valence-electron chi connectivity index (χ3n) is 2.10. The molecule has 0 unspecified atom stereocenters. The Morgan fingerprint density at radius 1 is 1.55 bits per heavy atom. The minimum atomic E-state index is 0.542. The van der Waals surface area contributed by atoms with Crippen LogP contribution in [0.5, 0.6) is 0 Å². The first-order valence-corrected chi connectivity index (χ1v) is 4.54. The summed E-state index contributed by atoms with van der Waals surface area (Å²) < 4.78 is 2.22. The van der Waals surface area contributed by atoms with Crippen molar-refractivity contribution in [3.05, 3.63) is 17.7 Å². The molecule has 1 aliphatic heterocycles. The number of rotatable bonds is 1. The van der Waals surface area contributed by atoms with E-state index in [-0.39, 0.29) is 0 Å². The number of aryl methyl sites for hydroxylation is 2. The van der Waals surface area contributed by atoms with Gasteiger partial charge >= 0.3 is 0 Å². The molecule has 2 heterocycles. The Morgan fingerprint density at radius 2 is 2.45 bits per heavy atom. The van der Waals surface area contributed by atoms with Gasteiger partial charge in [-0.3, -0.25) is 0 Å². The molecule has 1 aromatic heterocycles. The number of alkyl halides is 1. The fraction of sp³-hybridized carbons (Fsp3) is 0.625. The van der Waals surface area contributed by atoms with Crippen LogP contribution >= 0.6 is 11.6 Å². The molecule has 0 N–H and O–H groups in total. The molecule has 1 aromatic rings. The fourth-order valence-electron chi connectivity index (χ4n) is 1.54. The highest BCUT2D eigenvalue weighted by molar-refractivity contribution is 6.16. The first-order valence-electron chi connectivity index (χ1n) is 4.01. The first-order chi connectivity index (χ1) is 5.40. The summed E-state index contributed by atoms with van der Waals surface area (Å²) in [5.74, 6) is 1.76. The van der Waals surface area contributed by atoms with Gasteiger partial charge in [0.25, 0.3) is 0 Å². The lowest BCUT2D eigenvalue weighted by Crippen LogP contribution is -2.08. The molecule has 0 amide bonds. The largest absolute Gasteiger partial charge is 0.335 e. The van der Waals surface area contributed by atoms with Crippen molar-refractivity contribution in [2.75, 3.05) is 0 Å². The van der Waals surface area contributed by atoms with Crippen LogP contribution in [0.25, 0.3) is 0 Å². The Labute approximate surface area is 71.2 Å². The van der Waals surface area contributed by atoms with Gasteiger partial charge in [0.2, 0.25) is 0 Å². The molecule has 2 nitrogen and oxygen atoms in total. The average molecular weight is 171 g/mol. The minimum Gasteiger partial charge on any atom is -0.335 e. The van der Waals surface area contributed by atoms with Crippen LogP contribution in [-0.4, -0.2) is 9.55 Å². The Hall–Kier alpha value is -0.500. The molecule has 0 spiro atoms. The second kappa shape index (κ2) is 2.86. The molecular weight excluding hydrogens is 160 g/mol. The van der Waals surface area contributed by atoms with Crippen molar-refractivity contribution in [2.45, 2.75) is 31.7 Å². The van der Waals surface area contributed by atoms with Gasteiger partial charge in [0.05, 0.1) is 11.6 Å². The van der Waals surface area contributed by atoms with Gasteiger partial charge < -0.3 is 4.57 Å². The van der Waals surface area contributed by atoms with Crippen LogP contribution in [0.4, 0.5) is 0 Å². The summed E-state index contributed by atoms with van der Waals surface area (Å²) in [5.41, 5.74) is 1.02. The first kappa shape index (κ1) is 7.17. The van der Waals surface area contributed by atoms with Gasteiger partial charge in [-0.25, -0.2) is 4.98 Å². The summed E-state index contributed by atoms with van der Waals surface area (Å²) in [6.45, 7) is 1.12. The highest BCUT2D eigenvalue weighted by Gasteiger charge is 2.10. The summed E-state index contributed by atoms with van der Waals surface area (Å²) >= 11 is 5.67. The lowest BCUT2D eigenvalue weighted by atomic mass is 10.2. The normalized spacial score (nSPS) is 16.5. The predicted octanol–water partition coefficient (Wildman–Crippen LogP) is 1.96. The zero-order valence-electron chi connectivity index (χ0n) is 6.39. The Kier molecular flexibility index (Phi) is 1.86. The summed E-state index contributed by atoms with van der Waals surface area (Å²) in [6, 6.07) is 0. The molecule has 0 saturated heterocycles. The third kappa shape index (κ3) is 1.27. The van der Waals surface area contributed by atoms with Crippen LogP contribution in [-0.2, 0) is 18.8 Å². The molecule has 0 aliphatic carbocycles. The second-order valence-corrected chi connectivity index (χ2v) is 3.20. The SMILES string of the molecule is ClCc1cn2c(n1)CCCC2. The van der Waals surface area contributed by atoms with Crippen molar-refractivity contribution in [1.29, 1.82) is 0 Å². The molecule has 0 fully saturated rings. The molecule has 0 bridgehead atoms. The number of imidazole rings is 1. The fourth-order valence-corrected chi connectivity index (χ4v) is 1.66. The van der Waals surface area contributed by atoms with E-state index in [0.29, 0.717) is 5.88 Å². The Balaban J connectivity index is 2.32. The minimum absolute atomic E-state index is 0.542. The van der Waals surface area contributed by atoms with Gasteiger partial charge in [-0.1, -0.05) is 0 Å². The van der Waals surface area contributed by atoms with E-state index in [1.165, 1.54) is 18.7 Å². The maximum atomic E-state index is 5.67. The summed E-state index contributed by atoms with van der Waals surface area (Å²) in [7, 11) is 0. The van der Waals surface area contributed by atoms with E-state index in [9.17, 15) is 0 Å². The number of halogens is 1. The number of hydrogen-bond donors (Lipinski definition) is 0. The van der Waals surface area contributed by atoms with Crippen molar-refractivity contribution < 1.29 is 0 Å². The Morgan fingerprint density at radius 3 is 3.18 bits per heavy atom. The third-order valence-corrected chi connectivity index (χ3v) is 2.37. The van der Waals surface area contributed by atoms with Crippen molar-refractivity contribution >= 4 is 11.6 Å². The van der Waals surface area contributed by atoms with E-state index in [1.807, 2.05) is 0 Å². The summed E-state index contributed by atoms with van der Waals surface area (Å²) in [5, 5.41) is 0. The zero-order valence-corrected chi connectivity index (χ0v) is 7.14. The number of aromatic nitrogens is 2. The predicted molar refractivity (Wildman–Crippen MR) is 44.7 cm³/mol. The lowest BCUT2D eigenvalue weighted by molar-refractivity contribution is 0.522. The average Bonchev–Trinajstić information content (AvgIpc) is 2.46. The molecule has 0 radical (unpaired) electrons. The van der Waals surface area contributed by atoms with Crippen molar-refractivity contribution in [3.63, 3.8) is 0 Å².